The summed E-state index contributed by atoms with van der Waals surface area (Å²) in [6.45, 7) is 1.77. The van der Waals surface area contributed by atoms with Crippen molar-refractivity contribution < 1.29 is 9.72 Å². The van der Waals surface area contributed by atoms with Crippen molar-refractivity contribution in [2.75, 3.05) is 16.4 Å². The predicted octanol–water partition coefficient (Wildman–Crippen LogP) is 4.99. The Bertz CT molecular complexity index is 1030. The lowest BCUT2D eigenvalue weighted by Gasteiger charge is -2.07. The zero-order valence-corrected chi connectivity index (χ0v) is 17.7. The zero-order valence-electron chi connectivity index (χ0n) is 14.5. The van der Waals surface area contributed by atoms with Crippen LogP contribution in [0.25, 0.3) is 0 Å². The summed E-state index contributed by atoms with van der Waals surface area (Å²) in [7, 11) is 0. The van der Waals surface area contributed by atoms with E-state index in [4.69, 9.17) is 0 Å². The lowest BCUT2D eigenvalue weighted by atomic mass is 10.2. The number of anilines is 3. The molecular weight excluding hydrogens is 466 g/mol. The minimum Gasteiger partial charge on any atom is -0.330 e. The van der Waals surface area contributed by atoms with Gasteiger partial charge in [-0.1, -0.05) is 51.2 Å². The summed E-state index contributed by atoms with van der Waals surface area (Å²) in [4.78, 5) is 22.6. The number of carbonyl (C=O) groups is 1. The molecule has 0 atom stereocenters. The highest BCUT2D eigenvalue weighted by Crippen LogP contribution is 2.29. The zero-order chi connectivity index (χ0) is 20.1. The monoisotopic (exact) mass is 479 g/mol. The van der Waals surface area contributed by atoms with Crippen molar-refractivity contribution in [1.29, 1.82) is 0 Å². The highest BCUT2D eigenvalue weighted by Gasteiger charge is 2.13. The molecule has 0 aliphatic rings. The van der Waals surface area contributed by atoms with Crippen molar-refractivity contribution in [3.8, 4) is 0 Å². The number of nitrogens with zero attached hydrogens (tertiary/aromatic N) is 3. The summed E-state index contributed by atoms with van der Waals surface area (Å²) in [6.07, 6.45) is 0. The Morgan fingerprint density at radius 2 is 2.11 bits per heavy atom. The minimum atomic E-state index is -0.495. The maximum absolute atomic E-state index is 12.2. The van der Waals surface area contributed by atoms with Gasteiger partial charge < -0.3 is 10.6 Å². The fraction of sp³-hybridized carbons (Fsp3) is 0.118. The van der Waals surface area contributed by atoms with Crippen LogP contribution in [0, 0.1) is 17.0 Å². The topological polar surface area (TPSA) is 110 Å². The summed E-state index contributed by atoms with van der Waals surface area (Å²) in [5.41, 5.74) is 1.98. The first-order chi connectivity index (χ1) is 13.4. The van der Waals surface area contributed by atoms with E-state index in [9.17, 15) is 14.9 Å². The number of thioether (sulfide) groups is 1. The number of halogens is 1. The van der Waals surface area contributed by atoms with E-state index in [2.05, 4.69) is 36.8 Å². The molecule has 0 radical (unpaired) electrons. The lowest BCUT2D eigenvalue weighted by molar-refractivity contribution is -0.384. The van der Waals surface area contributed by atoms with E-state index < -0.39 is 4.92 Å². The van der Waals surface area contributed by atoms with E-state index in [0.717, 1.165) is 15.7 Å². The number of hydrogen-bond acceptors (Lipinski definition) is 8. The first-order valence-electron chi connectivity index (χ1n) is 7.94. The third-order valence-corrected chi connectivity index (χ3v) is 5.98. The fourth-order valence-electron chi connectivity index (χ4n) is 2.18. The van der Waals surface area contributed by atoms with Gasteiger partial charge in [0.15, 0.2) is 4.34 Å². The quantitative estimate of drug-likeness (QED) is 0.278. The Balaban J connectivity index is 1.56. The summed E-state index contributed by atoms with van der Waals surface area (Å²) in [6, 6.07) is 12.0. The van der Waals surface area contributed by atoms with Crippen LogP contribution in [0.5, 0.6) is 0 Å². The van der Waals surface area contributed by atoms with Crippen LogP contribution in [-0.4, -0.2) is 26.8 Å². The van der Waals surface area contributed by atoms with Gasteiger partial charge in [0.1, 0.15) is 0 Å². The van der Waals surface area contributed by atoms with Gasteiger partial charge in [0.05, 0.1) is 16.4 Å². The van der Waals surface area contributed by atoms with Gasteiger partial charge >= 0.3 is 0 Å². The molecular formula is C17H14BrN5O3S2. The van der Waals surface area contributed by atoms with Gasteiger partial charge in [-0.3, -0.25) is 14.9 Å². The molecule has 0 saturated carbocycles. The van der Waals surface area contributed by atoms with Gasteiger partial charge in [0.25, 0.3) is 5.69 Å². The second-order valence-electron chi connectivity index (χ2n) is 5.60. The minimum absolute atomic E-state index is 0.0686. The number of nitro groups is 1. The molecule has 3 rings (SSSR count). The molecule has 0 fully saturated rings. The Hall–Kier alpha value is -2.50. The van der Waals surface area contributed by atoms with Gasteiger partial charge in [0, 0.05) is 22.3 Å². The number of rotatable bonds is 7. The molecule has 28 heavy (non-hydrogen) atoms. The van der Waals surface area contributed by atoms with Crippen LogP contribution in [0.15, 0.2) is 51.3 Å². The Morgan fingerprint density at radius 3 is 2.86 bits per heavy atom. The number of aryl methyl sites for hydroxylation is 1. The number of benzene rings is 2. The Labute approximate surface area is 177 Å². The average Bonchev–Trinajstić information content (AvgIpc) is 3.09. The molecule has 0 bridgehead atoms. The largest absolute Gasteiger partial charge is 0.330 e. The molecule has 144 valence electrons. The van der Waals surface area contributed by atoms with Crippen molar-refractivity contribution in [3.63, 3.8) is 0 Å². The smallest absolute Gasteiger partial charge is 0.271 e. The number of nitrogens with one attached hydrogen (secondary N) is 2. The first kappa shape index (κ1) is 20.2. The summed E-state index contributed by atoms with van der Waals surface area (Å²) >= 11 is 5.99. The Morgan fingerprint density at radius 1 is 1.29 bits per heavy atom. The van der Waals surface area contributed by atoms with Crippen molar-refractivity contribution in [2.45, 2.75) is 11.3 Å². The number of non-ortho nitro benzene ring substituents is 1. The predicted molar refractivity (Wildman–Crippen MR) is 115 cm³/mol. The van der Waals surface area contributed by atoms with Crippen LogP contribution in [0.4, 0.5) is 22.2 Å². The number of aromatic nitrogens is 2. The maximum atomic E-state index is 12.2. The third kappa shape index (κ3) is 5.50. The number of amides is 1. The lowest BCUT2D eigenvalue weighted by Crippen LogP contribution is -2.15. The van der Waals surface area contributed by atoms with E-state index in [-0.39, 0.29) is 17.3 Å². The van der Waals surface area contributed by atoms with Crippen molar-refractivity contribution >= 4 is 67.1 Å². The number of carbonyl (C=O) groups excluding carboxylic acids is 1. The van der Waals surface area contributed by atoms with Crippen LogP contribution in [0.1, 0.15) is 5.56 Å². The third-order valence-electron chi connectivity index (χ3n) is 3.52. The van der Waals surface area contributed by atoms with Crippen LogP contribution >= 0.6 is 39.0 Å². The highest BCUT2D eigenvalue weighted by atomic mass is 79.9. The molecule has 0 spiro atoms. The van der Waals surface area contributed by atoms with E-state index in [1.165, 1.54) is 35.2 Å². The van der Waals surface area contributed by atoms with Crippen LogP contribution in [0.2, 0.25) is 0 Å². The van der Waals surface area contributed by atoms with Crippen molar-refractivity contribution in [3.05, 3.63) is 62.6 Å². The molecule has 0 aliphatic carbocycles. The molecule has 8 nitrogen and oxygen atoms in total. The normalized spacial score (nSPS) is 10.5. The molecule has 0 saturated heterocycles. The van der Waals surface area contributed by atoms with Crippen molar-refractivity contribution in [2.24, 2.45) is 0 Å². The second kappa shape index (κ2) is 9.13. The van der Waals surface area contributed by atoms with Crippen molar-refractivity contribution in [1.82, 2.24) is 10.2 Å². The molecule has 2 N–H and O–H groups in total. The van der Waals surface area contributed by atoms with E-state index in [0.29, 0.717) is 15.2 Å². The van der Waals surface area contributed by atoms with Gasteiger partial charge in [-0.25, -0.2) is 0 Å². The SMILES string of the molecule is Cc1ccc([N+](=O)[O-])cc1NC(=O)CSc1nnc(Nc2cccc(Br)c2)s1. The molecule has 0 aliphatic heterocycles. The first-order valence-corrected chi connectivity index (χ1v) is 10.5. The van der Waals surface area contributed by atoms with Crippen LogP contribution in [-0.2, 0) is 4.79 Å². The fourth-order valence-corrected chi connectivity index (χ4v) is 4.15. The highest BCUT2D eigenvalue weighted by molar-refractivity contribution is 9.10. The summed E-state index contributed by atoms with van der Waals surface area (Å²) < 4.78 is 1.59. The number of nitro benzene ring substituents is 1. The second-order valence-corrected chi connectivity index (χ2v) is 8.72. The average molecular weight is 480 g/mol. The van der Waals surface area contributed by atoms with E-state index in [1.54, 1.807) is 13.0 Å². The van der Waals surface area contributed by atoms with E-state index >= 15 is 0 Å². The molecule has 0 unspecified atom stereocenters. The summed E-state index contributed by atoms with van der Waals surface area (Å²) in [5.74, 6) is -0.154. The van der Waals surface area contributed by atoms with Crippen LogP contribution in [0.3, 0.4) is 0 Å². The van der Waals surface area contributed by atoms with Crippen LogP contribution < -0.4 is 10.6 Å². The molecule has 3 aromatic rings. The van der Waals surface area contributed by atoms with Gasteiger partial charge in [0.2, 0.25) is 11.0 Å². The Kier molecular flexibility index (Phi) is 6.60. The molecule has 1 aromatic heterocycles. The number of hydrogen-bond donors (Lipinski definition) is 2. The molecule has 11 heteroatoms. The van der Waals surface area contributed by atoms with Gasteiger partial charge in [-0.15, -0.1) is 10.2 Å². The summed E-state index contributed by atoms with van der Waals surface area (Å²) in [5, 5.41) is 25.5. The maximum Gasteiger partial charge on any atom is 0.271 e. The van der Waals surface area contributed by atoms with Gasteiger partial charge in [-0.05, 0) is 30.7 Å². The molecule has 2 aromatic carbocycles. The van der Waals surface area contributed by atoms with E-state index in [1.807, 2.05) is 24.3 Å². The standard InChI is InChI=1S/C17H14BrN5O3S2/c1-10-5-6-13(23(25)26)8-14(10)20-15(24)9-27-17-22-21-16(28-17)19-12-4-2-3-11(18)7-12/h2-8H,9H2,1H3,(H,19,21)(H,20,24). The molecule has 1 heterocycles. The molecule has 1 amide bonds. The van der Waals surface area contributed by atoms with Gasteiger partial charge in [-0.2, -0.15) is 0 Å².